The van der Waals surface area contributed by atoms with E-state index in [9.17, 15) is 9.18 Å². The van der Waals surface area contributed by atoms with E-state index in [1.54, 1.807) is 30.3 Å². The monoisotopic (exact) mass is 323 g/mol. The Kier molecular flexibility index (Phi) is 4.70. The third kappa shape index (κ3) is 3.87. The Balaban J connectivity index is 1.64. The van der Waals surface area contributed by atoms with E-state index in [4.69, 9.17) is 0 Å². The van der Waals surface area contributed by atoms with Gasteiger partial charge in [-0.2, -0.15) is 5.10 Å². The minimum absolute atomic E-state index is 0.0648. The molecule has 0 fully saturated rings. The second-order valence-electron chi connectivity index (χ2n) is 5.69. The highest BCUT2D eigenvalue weighted by Crippen LogP contribution is 2.11. The average molecular weight is 323 g/mol. The van der Waals surface area contributed by atoms with Gasteiger partial charge in [-0.1, -0.05) is 24.3 Å². The number of hydrogen-bond donors (Lipinski definition) is 0. The van der Waals surface area contributed by atoms with Gasteiger partial charge in [0.2, 0.25) is 0 Å². The van der Waals surface area contributed by atoms with Crippen LogP contribution in [0.15, 0.2) is 67.0 Å². The number of rotatable bonds is 5. The zero-order chi connectivity index (χ0) is 16.9. The second kappa shape index (κ2) is 7.08. The van der Waals surface area contributed by atoms with Gasteiger partial charge in [0, 0.05) is 31.5 Å². The molecule has 1 heterocycles. The fourth-order valence-electron chi connectivity index (χ4n) is 2.49. The van der Waals surface area contributed by atoms with Crippen molar-refractivity contribution in [3.63, 3.8) is 0 Å². The van der Waals surface area contributed by atoms with Gasteiger partial charge in [-0.05, 0) is 41.5 Å². The number of hydrogen-bond acceptors (Lipinski definition) is 2. The summed E-state index contributed by atoms with van der Waals surface area (Å²) in [5, 5.41) is 4.17. The van der Waals surface area contributed by atoms with Crippen molar-refractivity contribution in [1.29, 1.82) is 0 Å². The third-order valence-electron chi connectivity index (χ3n) is 3.78. The highest BCUT2D eigenvalue weighted by atomic mass is 19.1. The highest BCUT2D eigenvalue weighted by Gasteiger charge is 2.12. The van der Waals surface area contributed by atoms with Crippen molar-refractivity contribution in [2.75, 3.05) is 7.05 Å². The molecule has 0 aliphatic heterocycles. The zero-order valence-corrected chi connectivity index (χ0v) is 13.4. The van der Waals surface area contributed by atoms with E-state index in [2.05, 4.69) is 5.10 Å². The Morgan fingerprint density at radius 2 is 1.75 bits per heavy atom. The zero-order valence-electron chi connectivity index (χ0n) is 13.4. The summed E-state index contributed by atoms with van der Waals surface area (Å²) < 4.78 is 14.8. The first-order valence-corrected chi connectivity index (χ1v) is 7.68. The molecule has 0 aliphatic carbocycles. The van der Waals surface area contributed by atoms with Crippen LogP contribution in [0.5, 0.6) is 0 Å². The maximum Gasteiger partial charge on any atom is 0.253 e. The number of aromatic nitrogens is 2. The SMILES string of the molecule is CN(Cc1ccc(F)cc1)C(=O)c1ccc(Cn2cccn2)cc1. The molecule has 0 aliphatic rings. The lowest BCUT2D eigenvalue weighted by atomic mass is 10.1. The normalized spacial score (nSPS) is 10.6. The van der Waals surface area contributed by atoms with Gasteiger partial charge in [-0.3, -0.25) is 9.48 Å². The summed E-state index contributed by atoms with van der Waals surface area (Å²) in [6.07, 6.45) is 3.64. The highest BCUT2D eigenvalue weighted by molar-refractivity contribution is 5.94. The number of halogens is 1. The van der Waals surface area contributed by atoms with Gasteiger partial charge in [0.25, 0.3) is 5.91 Å². The lowest BCUT2D eigenvalue weighted by Crippen LogP contribution is -2.26. The number of amides is 1. The number of carbonyl (C=O) groups excluding carboxylic acids is 1. The van der Waals surface area contributed by atoms with Gasteiger partial charge in [-0.25, -0.2) is 4.39 Å². The molecule has 4 nitrogen and oxygen atoms in total. The van der Waals surface area contributed by atoms with Crippen molar-refractivity contribution in [2.45, 2.75) is 13.1 Å². The molecule has 0 saturated heterocycles. The van der Waals surface area contributed by atoms with Gasteiger partial charge >= 0.3 is 0 Å². The van der Waals surface area contributed by atoms with Gasteiger partial charge < -0.3 is 4.90 Å². The fraction of sp³-hybridized carbons (Fsp3) is 0.158. The summed E-state index contributed by atoms with van der Waals surface area (Å²) in [7, 11) is 1.74. The molecular weight excluding hydrogens is 305 g/mol. The first-order chi connectivity index (χ1) is 11.6. The Hall–Kier alpha value is -2.95. The molecule has 122 valence electrons. The average Bonchev–Trinajstić information content (AvgIpc) is 3.10. The molecule has 3 rings (SSSR count). The summed E-state index contributed by atoms with van der Waals surface area (Å²) in [6.45, 7) is 1.11. The summed E-state index contributed by atoms with van der Waals surface area (Å²) in [5.41, 5.74) is 2.60. The Morgan fingerprint density at radius 1 is 1.08 bits per heavy atom. The summed E-state index contributed by atoms with van der Waals surface area (Å²) in [5.74, 6) is -0.342. The molecule has 1 aromatic heterocycles. The maximum atomic E-state index is 12.9. The largest absolute Gasteiger partial charge is 0.337 e. The lowest BCUT2D eigenvalue weighted by molar-refractivity contribution is 0.0785. The summed E-state index contributed by atoms with van der Waals surface area (Å²) >= 11 is 0. The van der Waals surface area contributed by atoms with Crippen LogP contribution in [0.1, 0.15) is 21.5 Å². The molecule has 0 radical (unpaired) electrons. The van der Waals surface area contributed by atoms with Crippen LogP contribution in [0.25, 0.3) is 0 Å². The quantitative estimate of drug-likeness (QED) is 0.722. The molecule has 24 heavy (non-hydrogen) atoms. The predicted octanol–water partition coefficient (Wildman–Crippen LogP) is 3.34. The molecule has 2 aromatic carbocycles. The van der Waals surface area contributed by atoms with Crippen LogP contribution in [0.3, 0.4) is 0 Å². The molecular formula is C19H18FN3O. The molecule has 0 saturated carbocycles. The van der Waals surface area contributed by atoms with Gasteiger partial charge in [-0.15, -0.1) is 0 Å². The van der Waals surface area contributed by atoms with Crippen LogP contribution in [0.4, 0.5) is 4.39 Å². The number of nitrogens with zero attached hydrogens (tertiary/aromatic N) is 3. The first-order valence-electron chi connectivity index (χ1n) is 7.68. The van der Waals surface area contributed by atoms with Crippen LogP contribution < -0.4 is 0 Å². The predicted molar refractivity (Wildman–Crippen MR) is 90.0 cm³/mol. The Bertz CT molecular complexity index is 796. The molecule has 0 bridgehead atoms. The summed E-state index contributed by atoms with van der Waals surface area (Å²) in [4.78, 5) is 14.1. The van der Waals surface area contributed by atoms with E-state index in [1.165, 1.54) is 12.1 Å². The first kappa shape index (κ1) is 15.9. The van der Waals surface area contributed by atoms with E-state index in [1.807, 2.05) is 41.2 Å². The second-order valence-corrected chi connectivity index (χ2v) is 5.69. The standard InChI is InChI=1S/C19H18FN3O/c1-22(13-15-5-9-18(20)10-6-15)19(24)17-7-3-16(4-8-17)14-23-12-2-11-21-23/h2-12H,13-14H2,1H3. The van der Waals surface area contributed by atoms with Crippen LogP contribution in [-0.2, 0) is 13.1 Å². The molecule has 5 heteroatoms. The minimum Gasteiger partial charge on any atom is -0.337 e. The van der Waals surface area contributed by atoms with Crippen molar-refractivity contribution in [3.8, 4) is 0 Å². The Labute approximate surface area is 140 Å². The maximum absolute atomic E-state index is 12.9. The molecule has 0 atom stereocenters. The van der Waals surface area contributed by atoms with E-state index in [0.717, 1.165) is 11.1 Å². The number of benzene rings is 2. The minimum atomic E-state index is -0.277. The van der Waals surface area contributed by atoms with Crippen molar-refractivity contribution >= 4 is 5.91 Å². The topological polar surface area (TPSA) is 38.1 Å². The third-order valence-corrected chi connectivity index (χ3v) is 3.78. The summed E-state index contributed by atoms with van der Waals surface area (Å²) in [6, 6.07) is 15.6. The van der Waals surface area contributed by atoms with E-state index < -0.39 is 0 Å². The van der Waals surface area contributed by atoms with Crippen LogP contribution in [0.2, 0.25) is 0 Å². The molecule has 0 spiro atoms. The fourth-order valence-corrected chi connectivity index (χ4v) is 2.49. The van der Waals surface area contributed by atoms with Gasteiger partial charge in [0.1, 0.15) is 5.82 Å². The van der Waals surface area contributed by atoms with Crippen LogP contribution in [0, 0.1) is 5.82 Å². The molecule has 3 aromatic rings. The lowest BCUT2D eigenvalue weighted by Gasteiger charge is -2.17. The molecule has 1 amide bonds. The molecule has 0 unspecified atom stereocenters. The van der Waals surface area contributed by atoms with Gasteiger partial charge in [0.05, 0.1) is 6.54 Å². The van der Waals surface area contributed by atoms with Gasteiger partial charge in [0.15, 0.2) is 0 Å². The van der Waals surface area contributed by atoms with Crippen molar-refractivity contribution < 1.29 is 9.18 Å². The van der Waals surface area contributed by atoms with Crippen LogP contribution >= 0.6 is 0 Å². The van der Waals surface area contributed by atoms with Crippen molar-refractivity contribution in [1.82, 2.24) is 14.7 Å². The van der Waals surface area contributed by atoms with E-state index in [0.29, 0.717) is 18.7 Å². The number of carbonyl (C=O) groups is 1. The van der Waals surface area contributed by atoms with Crippen molar-refractivity contribution in [2.24, 2.45) is 0 Å². The smallest absolute Gasteiger partial charge is 0.253 e. The van der Waals surface area contributed by atoms with E-state index >= 15 is 0 Å². The molecule has 0 N–H and O–H groups in total. The van der Waals surface area contributed by atoms with E-state index in [-0.39, 0.29) is 11.7 Å². The van der Waals surface area contributed by atoms with Crippen molar-refractivity contribution in [3.05, 3.63) is 89.5 Å². The Morgan fingerprint density at radius 3 is 2.38 bits per heavy atom. The van der Waals surface area contributed by atoms with Crippen LogP contribution in [-0.4, -0.2) is 27.6 Å².